The normalized spacial score (nSPS) is 18.4. The Kier molecular flexibility index (Phi) is 4.81. The van der Waals surface area contributed by atoms with Gasteiger partial charge in [-0.2, -0.15) is 0 Å². The van der Waals surface area contributed by atoms with Crippen molar-refractivity contribution in [2.24, 2.45) is 0 Å². The molecule has 18 heavy (non-hydrogen) atoms. The third-order valence-corrected chi connectivity index (χ3v) is 3.52. The summed E-state index contributed by atoms with van der Waals surface area (Å²) in [5.41, 5.74) is 2.62. The largest absolute Gasteiger partial charge is 0.335 e. The Morgan fingerprint density at radius 1 is 1.44 bits per heavy atom. The zero-order chi connectivity index (χ0) is 12.8. The molecule has 0 aliphatic heterocycles. The van der Waals surface area contributed by atoms with Gasteiger partial charge in [0, 0.05) is 6.54 Å². The maximum absolute atomic E-state index is 11.7. The predicted molar refractivity (Wildman–Crippen MR) is 76.7 cm³/mol. The van der Waals surface area contributed by atoms with Gasteiger partial charge in [-0.1, -0.05) is 46.3 Å². The molecule has 0 radical (unpaired) electrons. The van der Waals surface area contributed by atoms with Gasteiger partial charge in [0.15, 0.2) is 0 Å². The second kappa shape index (κ2) is 6.59. The molecule has 0 saturated heterocycles. The molecule has 0 saturated carbocycles. The SMILES string of the molecule is O=C(NC/C=C\Br)N[C@H]1CCCc2ccccc21. The van der Waals surface area contributed by atoms with E-state index < -0.39 is 0 Å². The molecule has 2 amide bonds. The highest BCUT2D eigenvalue weighted by molar-refractivity contribution is 9.11. The molecule has 0 spiro atoms. The standard InChI is InChI=1S/C14H17BrN2O/c15-9-4-10-16-14(18)17-13-8-3-6-11-5-1-2-7-12(11)13/h1-2,4-5,7,9,13H,3,6,8,10H2,(H2,16,17,18)/b9-4-/t13-/m0/s1. The van der Waals surface area contributed by atoms with E-state index in [0.29, 0.717) is 6.54 Å². The molecule has 0 heterocycles. The average Bonchev–Trinajstić information content (AvgIpc) is 2.39. The second-order valence-corrected chi connectivity index (χ2v) is 4.89. The van der Waals surface area contributed by atoms with Crippen LogP contribution < -0.4 is 10.6 Å². The highest BCUT2D eigenvalue weighted by Crippen LogP contribution is 2.29. The van der Waals surface area contributed by atoms with Gasteiger partial charge >= 0.3 is 6.03 Å². The van der Waals surface area contributed by atoms with E-state index >= 15 is 0 Å². The molecule has 3 nitrogen and oxygen atoms in total. The number of rotatable bonds is 3. The fourth-order valence-electron chi connectivity index (χ4n) is 2.31. The van der Waals surface area contributed by atoms with Gasteiger partial charge in [-0.05, 0) is 35.4 Å². The van der Waals surface area contributed by atoms with Crippen LogP contribution in [-0.2, 0) is 6.42 Å². The van der Waals surface area contributed by atoms with Gasteiger partial charge in [0.1, 0.15) is 0 Å². The van der Waals surface area contributed by atoms with E-state index in [4.69, 9.17) is 0 Å². The molecule has 1 aromatic carbocycles. The fraction of sp³-hybridized carbons (Fsp3) is 0.357. The van der Waals surface area contributed by atoms with Crippen LogP contribution in [0.15, 0.2) is 35.3 Å². The van der Waals surface area contributed by atoms with Crippen LogP contribution in [0, 0.1) is 0 Å². The van der Waals surface area contributed by atoms with E-state index in [-0.39, 0.29) is 12.1 Å². The van der Waals surface area contributed by atoms with Crippen LogP contribution in [0.4, 0.5) is 4.79 Å². The van der Waals surface area contributed by atoms with Crippen molar-refractivity contribution in [2.45, 2.75) is 25.3 Å². The minimum Gasteiger partial charge on any atom is -0.335 e. The Bertz CT molecular complexity index is 445. The van der Waals surface area contributed by atoms with E-state index in [2.05, 4.69) is 44.8 Å². The number of hydrogen-bond donors (Lipinski definition) is 2. The Labute approximate surface area is 116 Å². The summed E-state index contributed by atoms with van der Waals surface area (Å²) in [5.74, 6) is 0. The van der Waals surface area contributed by atoms with Crippen LogP contribution in [0.25, 0.3) is 0 Å². The predicted octanol–water partition coefficient (Wildman–Crippen LogP) is 3.27. The van der Waals surface area contributed by atoms with Crippen molar-refractivity contribution in [3.63, 3.8) is 0 Å². The van der Waals surface area contributed by atoms with Gasteiger partial charge in [-0.25, -0.2) is 4.79 Å². The first kappa shape index (κ1) is 13.1. The number of nitrogens with one attached hydrogen (secondary N) is 2. The van der Waals surface area contributed by atoms with Crippen molar-refractivity contribution >= 4 is 22.0 Å². The maximum Gasteiger partial charge on any atom is 0.315 e. The van der Waals surface area contributed by atoms with Crippen molar-refractivity contribution in [3.8, 4) is 0 Å². The van der Waals surface area contributed by atoms with Crippen molar-refractivity contribution in [3.05, 3.63) is 46.5 Å². The van der Waals surface area contributed by atoms with Crippen LogP contribution in [0.3, 0.4) is 0 Å². The van der Waals surface area contributed by atoms with Crippen molar-refractivity contribution < 1.29 is 4.79 Å². The van der Waals surface area contributed by atoms with Crippen LogP contribution in [-0.4, -0.2) is 12.6 Å². The summed E-state index contributed by atoms with van der Waals surface area (Å²) < 4.78 is 0. The van der Waals surface area contributed by atoms with E-state index in [1.54, 1.807) is 4.99 Å². The van der Waals surface area contributed by atoms with E-state index in [0.717, 1.165) is 19.3 Å². The van der Waals surface area contributed by atoms with E-state index in [1.807, 2.05) is 12.1 Å². The molecule has 2 rings (SSSR count). The number of halogens is 1. The second-order valence-electron chi connectivity index (χ2n) is 4.36. The Balaban J connectivity index is 1.96. The van der Waals surface area contributed by atoms with Gasteiger partial charge in [-0.15, -0.1) is 0 Å². The molecule has 0 fully saturated rings. The molecule has 1 aliphatic carbocycles. The highest BCUT2D eigenvalue weighted by Gasteiger charge is 2.20. The number of fused-ring (bicyclic) bond motifs is 1. The molecule has 1 aromatic rings. The molecule has 2 N–H and O–H groups in total. The zero-order valence-electron chi connectivity index (χ0n) is 10.2. The molecule has 4 heteroatoms. The summed E-state index contributed by atoms with van der Waals surface area (Å²) in [6, 6.07) is 8.38. The lowest BCUT2D eigenvalue weighted by Gasteiger charge is -2.26. The first-order valence-corrected chi connectivity index (χ1v) is 7.10. The Hall–Kier alpha value is -1.29. The summed E-state index contributed by atoms with van der Waals surface area (Å²) in [6.07, 6.45) is 5.10. The van der Waals surface area contributed by atoms with Crippen molar-refractivity contribution in [1.82, 2.24) is 10.6 Å². The van der Waals surface area contributed by atoms with Crippen LogP contribution >= 0.6 is 15.9 Å². The lowest BCUT2D eigenvalue weighted by atomic mass is 9.88. The van der Waals surface area contributed by atoms with Gasteiger partial charge in [0.05, 0.1) is 6.04 Å². The molecule has 0 unspecified atom stereocenters. The van der Waals surface area contributed by atoms with Gasteiger partial charge < -0.3 is 10.6 Å². The molecule has 1 aliphatic rings. The number of hydrogen-bond acceptors (Lipinski definition) is 1. The Morgan fingerprint density at radius 3 is 3.11 bits per heavy atom. The number of aryl methyl sites for hydroxylation is 1. The zero-order valence-corrected chi connectivity index (χ0v) is 11.7. The van der Waals surface area contributed by atoms with Crippen LogP contribution in [0.5, 0.6) is 0 Å². The minimum atomic E-state index is -0.109. The summed E-state index contributed by atoms with van der Waals surface area (Å²) in [5, 5.41) is 5.83. The molecular weight excluding hydrogens is 292 g/mol. The van der Waals surface area contributed by atoms with Crippen molar-refractivity contribution in [2.75, 3.05) is 6.54 Å². The van der Waals surface area contributed by atoms with Crippen LogP contribution in [0.2, 0.25) is 0 Å². The summed E-state index contributed by atoms with van der Waals surface area (Å²) >= 11 is 3.17. The number of amides is 2. The molecular formula is C14H17BrN2O. The molecule has 0 bridgehead atoms. The lowest BCUT2D eigenvalue weighted by Crippen LogP contribution is -2.39. The smallest absolute Gasteiger partial charge is 0.315 e. The number of carbonyl (C=O) groups excluding carboxylic acids is 1. The highest BCUT2D eigenvalue weighted by atomic mass is 79.9. The number of urea groups is 1. The summed E-state index contributed by atoms with van der Waals surface area (Å²) in [7, 11) is 0. The van der Waals surface area contributed by atoms with Gasteiger partial charge in [0.2, 0.25) is 0 Å². The third-order valence-electron chi connectivity index (χ3n) is 3.14. The van der Waals surface area contributed by atoms with E-state index in [9.17, 15) is 4.79 Å². The fourth-order valence-corrected chi connectivity index (χ4v) is 2.50. The Morgan fingerprint density at radius 2 is 2.28 bits per heavy atom. The van der Waals surface area contributed by atoms with Gasteiger partial charge in [-0.3, -0.25) is 0 Å². The van der Waals surface area contributed by atoms with E-state index in [1.165, 1.54) is 11.1 Å². The summed E-state index contributed by atoms with van der Waals surface area (Å²) in [6.45, 7) is 0.533. The number of benzene rings is 1. The quantitative estimate of drug-likeness (QED) is 0.884. The monoisotopic (exact) mass is 308 g/mol. The average molecular weight is 309 g/mol. The molecule has 0 aromatic heterocycles. The number of carbonyl (C=O) groups is 1. The lowest BCUT2D eigenvalue weighted by molar-refractivity contribution is 0.236. The molecule has 96 valence electrons. The topological polar surface area (TPSA) is 41.1 Å². The minimum absolute atomic E-state index is 0.109. The van der Waals surface area contributed by atoms with Crippen molar-refractivity contribution in [1.29, 1.82) is 0 Å². The summed E-state index contributed by atoms with van der Waals surface area (Å²) in [4.78, 5) is 13.5. The first-order valence-electron chi connectivity index (χ1n) is 6.18. The van der Waals surface area contributed by atoms with Gasteiger partial charge in [0.25, 0.3) is 0 Å². The first-order chi connectivity index (χ1) is 8.81. The van der Waals surface area contributed by atoms with Crippen LogP contribution in [0.1, 0.15) is 30.0 Å². The third kappa shape index (κ3) is 3.35. The maximum atomic E-state index is 11.7. The molecule has 1 atom stereocenters.